The highest BCUT2D eigenvalue weighted by Gasteiger charge is 2.06. The molecule has 28 heavy (non-hydrogen) atoms. The molecular formula is C21H29ClN4O2. The summed E-state index contributed by atoms with van der Waals surface area (Å²) >= 11 is 5.83. The number of aryl methyl sites for hydroxylation is 1. The number of rotatable bonds is 10. The van der Waals surface area contributed by atoms with Crippen LogP contribution >= 0.6 is 11.6 Å². The molecule has 1 aromatic carbocycles. The maximum atomic E-state index is 5.95. The zero-order valence-corrected chi connectivity index (χ0v) is 17.6. The Morgan fingerprint density at radius 1 is 1.18 bits per heavy atom. The van der Waals surface area contributed by atoms with Crippen LogP contribution in [0.1, 0.15) is 30.0 Å². The molecule has 0 saturated heterocycles. The van der Waals surface area contributed by atoms with Gasteiger partial charge in [-0.2, -0.15) is 0 Å². The van der Waals surface area contributed by atoms with Crippen molar-refractivity contribution in [3.8, 4) is 5.75 Å². The summed E-state index contributed by atoms with van der Waals surface area (Å²) in [5.41, 5.74) is 3.25. The van der Waals surface area contributed by atoms with Crippen LogP contribution in [0.25, 0.3) is 0 Å². The van der Waals surface area contributed by atoms with Gasteiger partial charge >= 0.3 is 0 Å². The largest absolute Gasteiger partial charge is 0.493 e. The summed E-state index contributed by atoms with van der Waals surface area (Å²) in [6.07, 6.45) is 2.60. The fourth-order valence-electron chi connectivity index (χ4n) is 2.52. The summed E-state index contributed by atoms with van der Waals surface area (Å²) < 4.78 is 11.0. The first-order valence-electron chi connectivity index (χ1n) is 9.46. The summed E-state index contributed by atoms with van der Waals surface area (Å²) in [5, 5.41) is 7.11. The Labute approximate surface area is 172 Å². The molecule has 1 aromatic heterocycles. The molecule has 0 spiro atoms. The highest BCUT2D eigenvalue weighted by molar-refractivity contribution is 6.29. The monoisotopic (exact) mass is 404 g/mol. The lowest BCUT2D eigenvalue weighted by atomic mass is 10.1. The molecule has 2 rings (SSSR count). The molecule has 7 heteroatoms. The van der Waals surface area contributed by atoms with Crippen molar-refractivity contribution in [3.05, 3.63) is 58.4 Å². The van der Waals surface area contributed by atoms with Crippen LogP contribution < -0.4 is 15.4 Å². The van der Waals surface area contributed by atoms with Gasteiger partial charge in [-0.15, -0.1) is 0 Å². The highest BCUT2D eigenvalue weighted by Crippen LogP contribution is 2.20. The Morgan fingerprint density at radius 3 is 2.75 bits per heavy atom. The molecule has 0 fully saturated rings. The Kier molecular flexibility index (Phi) is 9.59. The minimum absolute atomic E-state index is 0.482. The van der Waals surface area contributed by atoms with Crippen molar-refractivity contribution in [1.82, 2.24) is 15.6 Å². The van der Waals surface area contributed by atoms with Gasteiger partial charge in [-0.25, -0.2) is 9.98 Å². The van der Waals surface area contributed by atoms with Gasteiger partial charge in [0.25, 0.3) is 0 Å². The fourth-order valence-corrected chi connectivity index (χ4v) is 2.63. The quantitative estimate of drug-likeness (QED) is 0.273. The lowest BCUT2D eigenvalue weighted by Crippen LogP contribution is -2.36. The van der Waals surface area contributed by atoms with E-state index in [1.54, 1.807) is 19.4 Å². The van der Waals surface area contributed by atoms with Crippen LogP contribution in [0.5, 0.6) is 5.75 Å². The average molecular weight is 405 g/mol. The van der Waals surface area contributed by atoms with E-state index in [1.165, 1.54) is 5.56 Å². The van der Waals surface area contributed by atoms with E-state index in [4.69, 9.17) is 21.1 Å². The zero-order chi connectivity index (χ0) is 20.2. The van der Waals surface area contributed by atoms with Crippen molar-refractivity contribution in [3.63, 3.8) is 0 Å². The Hall–Kier alpha value is -2.31. The molecule has 0 atom stereocenters. The van der Waals surface area contributed by atoms with Crippen molar-refractivity contribution in [1.29, 1.82) is 0 Å². The lowest BCUT2D eigenvalue weighted by molar-refractivity contribution is 0.172. The molecule has 2 aromatic rings. The first-order valence-corrected chi connectivity index (χ1v) is 9.84. The third kappa shape index (κ3) is 7.74. The standard InChI is InChI=1S/C21H29ClN4O2/c1-4-23-21(25-14-17-7-9-20(22)24-13-17)26-15-18-8-6-16(2)12-19(18)28-11-5-10-27-3/h6-9,12-13H,4-5,10-11,14-15H2,1-3H3,(H2,23,25,26). The van der Waals surface area contributed by atoms with E-state index in [1.807, 2.05) is 13.0 Å². The van der Waals surface area contributed by atoms with Gasteiger partial charge in [0.1, 0.15) is 10.9 Å². The number of pyridine rings is 1. The van der Waals surface area contributed by atoms with Crippen LogP contribution in [-0.4, -0.2) is 37.8 Å². The maximum Gasteiger partial charge on any atom is 0.191 e. The molecule has 0 unspecified atom stereocenters. The zero-order valence-electron chi connectivity index (χ0n) is 16.8. The molecule has 1 heterocycles. The third-order valence-corrected chi connectivity index (χ3v) is 4.20. The second kappa shape index (κ2) is 12.2. The summed E-state index contributed by atoms with van der Waals surface area (Å²) in [6.45, 7) is 7.33. The van der Waals surface area contributed by atoms with Gasteiger partial charge in [0, 0.05) is 45.0 Å². The minimum Gasteiger partial charge on any atom is -0.493 e. The SMILES string of the molecule is CCNC(=NCc1ccc(Cl)nc1)NCc1ccc(C)cc1OCCCOC. The van der Waals surface area contributed by atoms with E-state index in [0.29, 0.717) is 31.5 Å². The molecule has 2 N–H and O–H groups in total. The number of guanidine groups is 1. The lowest BCUT2D eigenvalue weighted by Gasteiger charge is -2.15. The molecule has 6 nitrogen and oxygen atoms in total. The van der Waals surface area contributed by atoms with Crippen LogP contribution in [0.2, 0.25) is 5.15 Å². The number of aliphatic imine (C=N–C) groups is 1. The fraction of sp³-hybridized carbons (Fsp3) is 0.429. The van der Waals surface area contributed by atoms with E-state index in [0.717, 1.165) is 35.8 Å². The van der Waals surface area contributed by atoms with Crippen LogP contribution in [0.3, 0.4) is 0 Å². The molecule has 0 radical (unpaired) electrons. The number of methoxy groups -OCH3 is 1. The predicted octanol–water partition coefficient (Wildman–Crippen LogP) is 3.71. The van der Waals surface area contributed by atoms with Crippen LogP contribution in [0.15, 0.2) is 41.5 Å². The summed E-state index contributed by atoms with van der Waals surface area (Å²) in [6, 6.07) is 9.93. The van der Waals surface area contributed by atoms with Crippen LogP contribution in [0.4, 0.5) is 0 Å². The van der Waals surface area contributed by atoms with E-state index >= 15 is 0 Å². The Bertz CT molecular complexity index is 751. The number of benzene rings is 1. The minimum atomic E-state index is 0.482. The number of ether oxygens (including phenoxy) is 2. The normalized spacial score (nSPS) is 11.4. The molecular weight excluding hydrogens is 376 g/mol. The number of aromatic nitrogens is 1. The van der Waals surface area contributed by atoms with Gasteiger partial charge in [0.15, 0.2) is 5.96 Å². The summed E-state index contributed by atoms with van der Waals surface area (Å²) in [4.78, 5) is 8.70. The van der Waals surface area contributed by atoms with Gasteiger partial charge in [-0.05, 0) is 37.1 Å². The number of nitrogens with one attached hydrogen (secondary N) is 2. The van der Waals surface area contributed by atoms with Gasteiger partial charge < -0.3 is 20.1 Å². The second-order valence-electron chi connectivity index (χ2n) is 6.34. The van der Waals surface area contributed by atoms with Crippen molar-refractivity contribution in [2.75, 3.05) is 26.9 Å². The van der Waals surface area contributed by atoms with E-state index in [2.05, 4.69) is 45.7 Å². The molecule has 152 valence electrons. The molecule has 0 aliphatic rings. The molecule has 0 aliphatic heterocycles. The molecule has 0 amide bonds. The smallest absolute Gasteiger partial charge is 0.191 e. The Morgan fingerprint density at radius 2 is 2.04 bits per heavy atom. The molecule has 0 aliphatic carbocycles. The second-order valence-corrected chi connectivity index (χ2v) is 6.73. The molecule has 0 saturated carbocycles. The van der Waals surface area contributed by atoms with E-state index in [9.17, 15) is 0 Å². The summed E-state index contributed by atoms with van der Waals surface area (Å²) in [7, 11) is 1.70. The van der Waals surface area contributed by atoms with Gasteiger partial charge in [-0.1, -0.05) is 29.8 Å². The number of hydrogen-bond donors (Lipinski definition) is 2. The Balaban J connectivity index is 1.99. The van der Waals surface area contributed by atoms with Crippen LogP contribution in [0, 0.1) is 6.92 Å². The number of nitrogens with zero attached hydrogens (tertiary/aromatic N) is 2. The topological polar surface area (TPSA) is 67.8 Å². The first kappa shape index (κ1) is 22.0. The average Bonchev–Trinajstić information content (AvgIpc) is 2.69. The predicted molar refractivity (Wildman–Crippen MR) is 114 cm³/mol. The van der Waals surface area contributed by atoms with E-state index in [-0.39, 0.29) is 0 Å². The molecule has 0 bridgehead atoms. The van der Waals surface area contributed by atoms with E-state index < -0.39 is 0 Å². The summed E-state index contributed by atoms with van der Waals surface area (Å²) in [5.74, 6) is 1.63. The first-order chi connectivity index (χ1) is 13.6. The third-order valence-electron chi connectivity index (χ3n) is 3.97. The van der Waals surface area contributed by atoms with Crippen molar-refractivity contribution in [2.45, 2.75) is 33.4 Å². The highest BCUT2D eigenvalue weighted by atomic mass is 35.5. The van der Waals surface area contributed by atoms with Crippen molar-refractivity contribution >= 4 is 17.6 Å². The van der Waals surface area contributed by atoms with Crippen molar-refractivity contribution in [2.24, 2.45) is 4.99 Å². The van der Waals surface area contributed by atoms with Gasteiger partial charge in [0.05, 0.1) is 13.2 Å². The van der Waals surface area contributed by atoms with Crippen molar-refractivity contribution < 1.29 is 9.47 Å². The number of halogens is 1. The van der Waals surface area contributed by atoms with Gasteiger partial charge in [0.2, 0.25) is 0 Å². The van der Waals surface area contributed by atoms with Crippen LogP contribution in [-0.2, 0) is 17.8 Å². The van der Waals surface area contributed by atoms with Gasteiger partial charge in [-0.3, -0.25) is 0 Å². The maximum absolute atomic E-state index is 5.95. The number of hydrogen-bond acceptors (Lipinski definition) is 4.